The van der Waals surface area contributed by atoms with Gasteiger partial charge in [0.05, 0.1) is 11.3 Å². The second-order valence-electron chi connectivity index (χ2n) is 7.72. The second-order valence-corrected chi connectivity index (χ2v) is 7.72. The lowest BCUT2D eigenvalue weighted by molar-refractivity contribution is -0.137. The molecule has 4 nitrogen and oxygen atoms in total. The van der Waals surface area contributed by atoms with Crippen molar-refractivity contribution in [3.63, 3.8) is 0 Å². The number of primary amides is 1. The van der Waals surface area contributed by atoms with Crippen LogP contribution in [0.3, 0.4) is 0 Å². The normalized spacial score (nSPS) is 17.2. The highest BCUT2D eigenvalue weighted by molar-refractivity contribution is 5.73. The van der Waals surface area contributed by atoms with Crippen LogP contribution < -0.4 is 5.73 Å². The zero-order valence-electron chi connectivity index (χ0n) is 16.9. The molecule has 2 N–H and O–H groups in total. The minimum Gasteiger partial charge on any atom is -0.351 e. The van der Waals surface area contributed by atoms with E-state index in [0.717, 1.165) is 29.0 Å². The predicted molar refractivity (Wildman–Crippen MR) is 111 cm³/mol. The summed E-state index contributed by atoms with van der Waals surface area (Å²) in [4.78, 5) is 18.5. The van der Waals surface area contributed by atoms with Gasteiger partial charge in [-0.2, -0.15) is 13.2 Å². The summed E-state index contributed by atoms with van der Waals surface area (Å²) >= 11 is 0. The second kappa shape index (κ2) is 8.06. The lowest BCUT2D eigenvalue weighted by Gasteiger charge is -2.36. The molecule has 1 unspecified atom stereocenters. The van der Waals surface area contributed by atoms with Gasteiger partial charge in [-0.25, -0.2) is 4.79 Å². The van der Waals surface area contributed by atoms with Crippen molar-refractivity contribution in [2.45, 2.75) is 31.5 Å². The van der Waals surface area contributed by atoms with Gasteiger partial charge in [-0.1, -0.05) is 55.5 Å². The highest BCUT2D eigenvalue weighted by Crippen LogP contribution is 2.37. The molecule has 3 aromatic rings. The lowest BCUT2D eigenvalue weighted by Crippen LogP contribution is -2.44. The number of rotatable bonds is 3. The maximum absolute atomic E-state index is 13.0. The number of amides is 2. The fourth-order valence-corrected chi connectivity index (χ4v) is 4.07. The van der Waals surface area contributed by atoms with Crippen molar-refractivity contribution < 1.29 is 18.0 Å². The molecule has 1 aliphatic heterocycles. The van der Waals surface area contributed by atoms with E-state index in [2.05, 4.69) is 0 Å². The monoisotopic (exact) mass is 425 g/mol. The van der Waals surface area contributed by atoms with Gasteiger partial charge in [-0.15, -0.1) is 0 Å². The van der Waals surface area contributed by atoms with Crippen LogP contribution in [0.2, 0.25) is 0 Å². The number of carbonyl (C=O) groups excluding carboxylic acids is 1. The number of carbonyl (C=O) groups is 1. The van der Waals surface area contributed by atoms with E-state index < -0.39 is 23.8 Å². The SMILES string of the molecule is C[C@@H](c1ccccc1)c1ccc2c(n1)C(c1ccc(C(F)(F)F)cc1)N(C(N)=O)CC2. The van der Waals surface area contributed by atoms with Gasteiger partial charge in [0.25, 0.3) is 0 Å². The molecule has 2 heterocycles. The van der Waals surface area contributed by atoms with Gasteiger partial charge in [0.15, 0.2) is 0 Å². The number of nitrogens with two attached hydrogens (primary N) is 1. The first kappa shape index (κ1) is 20.9. The van der Waals surface area contributed by atoms with Gasteiger partial charge in [0, 0.05) is 18.2 Å². The Morgan fingerprint density at radius 2 is 1.74 bits per heavy atom. The Kier molecular flexibility index (Phi) is 5.43. The minimum absolute atomic E-state index is 0.0173. The highest BCUT2D eigenvalue weighted by atomic mass is 19.4. The Balaban J connectivity index is 1.78. The summed E-state index contributed by atoms with van der Waals surface area (Å²) < 4.78 is 39.0. The van der Waals surface area contributed by atoms with E-state index in [-0.39, 0.29) is 5.92 Å². The number of hydrogen-bond acceptors (Lipinski definition) is 2. The van der Waals surface area contributed by atoms with E-state index in [0.29, 0.717) is 24.2 Å². The number of benzene rings is 2. The number of hydrogen-bond donors (Lipinski definition) is 1. The molecule has 0 saturated heterocycles. The average molecular weight is 425 g/mol. The van der Waals surface area contributed by atoms with Crippen molar-refractivity contribution in [3.05, 3.63) is 100 Å². The van der Waals surface area contributed by atoms with E-state index in [1.165, 1.54) is 17.0 Å². The molecule has 0 spiro atoms. The molecule has 4 rings (SSSR count). The van der Waals surface area contributed by atoms with Crippen LogP contribution in [0.1, 0.15) is 52.5 Å². The Hall–Kier alpha value is -3.35. The molecule has 2 atom stereocenters. The first-order valence-corrected chi connectivity index (χ1v) is 10.0. The standard InChI is InChI=1S/C24H22F3N3O/c1-15(16-5-3-2-4-6-16)20-12-9-17-13-14-30(23(28)31)22(21(17)29-20)18-7-10-19(11-8-18)24(25,26)27/h2-12,15,22H,13-14H2,1H3,(H2,28,31)/t15-,22?/m0/s1. The summed E-state index contributed by atoms with van der Waals surface area (Å²) in [6.45, 7) is 2.43. The lowest BCUT2D eigenvalue weighted by atomic mass is 9.90. The number of urea groups is 1. The Morgan fingerprint density at radius 1 is 1.06 bits per heavy atom. The molecule has 1 aliphatic rings. The molecule has 160 valence electrons. The van der Waals surface area contributed by atoms with Crippen molar-refractivity contribution in [1.29, 1.82) is 0 Å². The molecule has 1 aromatic heterocycles. The fraction of sp³-hybridized carbons (Fsp3) is 0.250. The number of pyridine rings is 1. The Morgan fingerprint density at radius 3 is 2.35 bits per heavy atom. The average Bonchev–Trinajstić information content (AvgIpc) is 2.77. The van der Waals surface area contributed by atoms with Gasteiger partial charge in [-0.05, 0) is 41.3 Å². The summed E-state index contributed by atoms with van der Waals surface area (Å²) in [6, 6.07) is 17.5. The topological polar surface area (TPSA) is 59.2 Å². The molecule has 0 aliphatic carbocycles. The third-order valence-electron chi connectivity index (χ3n) is 5.81. The number of halogens is 3. The molecular weight excluding hydrogens is 403 g/mol. The summed E-state index contributed by atoms with van der Waals surface area (Å²) in [5, 5.41) is 0. The van der Waals surface area contributed by atoms with E-state index in [1.54, 1.807) is 0 Å². The third kappa shape index (κ3) is 4.13. The van der Waals surface area contributed by atoms with Gasteiger partial charge >= 0.3 is 12.2 Å². The molecule has 0 bridgehead atoms. The summed E-state index contributed by atoms with van der Waals surface area (Å²) in [6.07, 6.45) is -3.84. The van der Waals surface area contributed by atoms with Crippen LogP contribution in [0.15, 0.2) is 66.7 Å². The zero-order chi connectivity index (χ0) is 22.2. The predicted octanol–water partition coefficient (Wildman–Crippen LogP) is 5.28. The summed E-state index contributed by atoms with van der Waals surface area (Å²) in [5.74, 6) is 0.0173. The van der Waals surface area contributed by atoms with Crippen molar-refractivity contribution in [2.75, 3.05) is 6.54 Å². The van der Waals surface area contributed by atoms with Crippen molar-refractivity contribution >= 4 is 6.03 Å². The smallest absolute Gasteiger partial charge is 0.351 e. The third-order valence-corrected chi connectivity index (χ3v) is 5.81. The van der Waals surface area contributed by atoms with E-state index in [9.17, 15) is 18.0 Å². The fourth-order valence-electron chi connectivity index (χ4n) is 4.07. The van der Waals surface area contributed by atoms with Gasteiger partial charge in [0.1, 0.15) is 6.04 Å². The molecule has 0 saturated carbocycles. The van der Waals surface area contributed by atoms with E-state index in [4.69, 9.17) is 10.7 Å². The van der Waals surface area contributed by atoms with Crippen molar-refractivity contribution in [3.8, 4) is 0 Å². The molecule has 0 fully saturated rings. The molecule has 2 aromatic carbocycles. The number of nitrogens with zero attached hydrogens (tertiary/aromatic N) is 2. The summed E-state index contributed by atoms with van der Waals surface area (Å²) in [7, 11) is 0. The largest absolute Gasteiger partial charge is 0.416 e. The Bertz CT molecular complexity index is 1080. The van der Waals surface area contributed by atoms with Crippen LogP contribution in [-0.4, -0.2) is 22.5 Å². The van der Waals surface area contributed by atoms with Crippen LogP contribution in [0.25, 0.3) is 0 Å². The quantitative estimate of drug-likeness (QED) is 0.621. The van der Waals surface area contributed by atoms with Crippen LogP contribution in [0.5, 0.6) is 0 Å². The zero-order valence-corrected chi connectivity index (χ0v) is 16.9. The van der Waals surface area contributed by atoms with Gasteiger partial charge in [-0.3, -0.25) is 4.98 Å². The Labute approximate surface area is 178 Å². The van der Waals surface area contributed by atoms with Gasteiger partial charge < -0.3 is 10.6 Å². The van der Waals surface area contributed by atoms with Crippen LogP contribution >= 0.6 is 0 Å². The molecule has 0 radical (unpaired) electrons. The number of fused-ring (bicyclic) bond motifs is 1. The number of alkyl halides is 3. The van der Waals surface area contributed by atoms with E-state index in [1.807, 2.05) is 49.4 Å². The van der Waals surface area contributed by atoms with Crippen LogP contribution in [0.4, 0.5) is 18.0 Å². The summed E-state index contributed by atoms with van der Waals surface area (Å²) in [5.41, 5.74) is 8.98. The maximum atomic E-state index is 13.0. The molecule has 7 heteroatoms. The van der Waals surface area contributed by atoms with Crippen molar-refractivity contribution in [1.82, 2.24) is 9.88 Å². The van der Waals surface area contributed by atoms with Crippen molar-refractivity contribution in [2.24, 2.45) is 5.73 Å². The van der Waals surface area contributed by atoms with Crippen LogP contribution in [-0.2, 0) is 12.6 Å². The molecule has 31 heavy (non-hydrogen) atoms. The molecular formula is C24H22F3N3O. The number of aromatic nitrogens is 1. The van der Waals surface area contributed by atoms with E-state index >= 15 is 0 Å². The first-order valence-electron chi connectivity index (χ1n) is 10.0. The maximum Gasteiger partial charge on any atom is 0.416 e. The van der Waals surface area contributed by atoms with Crippen LogP contribution in [0, 0.1) is 0 Å². The molecule has 2 amide bonds. The van der Waals surface area contributed by atoms with Gasteiger partial charge in [0.2, 0.25) is 0 Å². The first-order chi connectivity index (χ1) is 14.8. The highest BCUT2D eigenvalue weighted by Gasteiger charge is 2.34. The minimum atomic E-state index is -4.43.